The molecule has 0 atom stereocenters. The van der Waals surface area contributed by atoms with Gasteiger partial charge in [-0.05, 0) is 31.0 Å². The number of nitrogen functional groups attached to an aromatic ring is 1. The average molecular weight is 298 g/mol. The van der Waals surface area contributed by atoms with Gasteiger partial charge in [-0.25, -0.2) is 8.42 Å². The van der Waals surface area contributed by atoms with Crippen LogP contribution in [-0.2, 0) is 9.84 Å². The maximum absolute atomic E-state index is 12.4. The maximum Gasteiger partial charge on any atom is 0.254 e. The van der Waals surface area contributed by atoms with Crippen LogP contribution in [-0.4, -0.2) is 49.8 Å². The van der Waals surface area contributed by atoms with Crippen LogP contribution in [0.2, 0.25) is 0 Å². The minimum Gasteiger partial charge on any atom is -0.399 e. The van der Waals surface area contributed by atoms with Gasteiger partial charge in [-0.3, -0.25) is 4.79 Å². The molecule has 0 aliphatic heterocycles. The number of benzene rings is 1. The number of hydrogen-bond donors (Lipinski definition) is 2. The molecule has 0 spiro atoms. The van der Waals surface area contributed by atoms with Crippen molar-refractivity contribution in [3.05, 3.63) is 23.8 Å². The fourth-order valence-electron chi connectivity index (χ4n) is 2.07. The van der Waals surface area contributed by atoms with Crippen LogP contribution in [0.25, 0.3) is 0 Å². The number of anilines is 1. The van der Waals surface area contributed by atoms with Crippen LogP contribution < -0.4 is 5.73 Å². The van der Waals surface area contributed by atoms with Crippen LogP contribution in [0.3, 0.4) is 0 Å². The summed E-state index contributed by atoms with van der Waals surface area (Å²) in [6, 6.07) is 4.27. The minimum atomic E-state index is -3.42. The third-order valence-electron chi connectivity index (χ3n) is 3.19. The van der Waals surface area contributed by atoms with Crippen LogP contribution in [0.15, 0.2) is 23.1 Å². The van der Waals surface area contributed by atoms with Gasteiger partial charge in [0.1, 0.15) is 0 Å². The Morgan fingerprint density at radius 1 is 1.40 bits per heavy atom. The van der Waals surface area contributed by atoms with Gasteiger partial charge in [0.25, 0.3) is 5.91 Å². The Labute approximate surface area is 118 Å². The number of hydrogen-bond acceptors (Lipinski definition) is 5. The van der Waals surface area contributed by atoms with Gasteiger partial charge in [0.05, 0.1) is 11.5 Å². The summed E-state index contributed by atoms with van der Waals surface area (Å²) in [6.07, 6.45) is 2.89. The molecule has 1 aromatic rings. The molecular weight excluding hydrogens is 280 g/mol. The Hall–Kier alpha value is -1.60. The highest BCUT2D eigenvalue weighted by Crippen LogP contribution is 2.28. The first-order valence-electron chi connectivity index (χ1n) is 6.35. The largest absolute Gasteiger partial charge is 0.399 e. The van der Waals surface area contributed by atoms with E-state index in [1.54, 1.807) is 4.90 Å². The topological polar surface area (TPSA) is 101 Å². The SMILES string of the molecule is CS(=O)(=O)c1cc(N)cc(C(=O)N(CCO)C2CC2)c1. The van der Waals surface area contributed by atoms with Gasteiger partial charge in [0.15, 0.2) is 9.84 Å². The second-order valence-electron chi connectivity index (χ2n) is 5.02. The van der Waals surface area contributed by atoms with Gasteiger partial charge in [-0.1, -0.05) is 0 Å². The number of nitrogens with two attached hydrogens (primary N) is 1. The number of aliphatic hydroxyl groups is 1. The number of nitrogens with zero attached hydrogens (tertiary/aromatic N) is 1. The highest BCUT2D eigenvalue weighted by Gasteiger charge is 2.33. The summed E-state index contributed by atoms with van der Waals surface area (Å²) in [5.74, 6) is -0.293. The van der Waals surface area contributed by atoms with Gasteiger partial charge < -0.3 is 15.7 Å². The first-order valence-corrected chi connectivity index (χ1v) is 8.24. The molecule has 3 N–H and O–H groups in total. The monoisotopic (exact) mass is 298 g/mol. The maximum atomic E-state index is 12.4. The van der Waals surface area contributed by atoms with E-state index in [1.807, 2.05) is 0 Å². The summed E-state index contributed by atoms with van der Waals surface area (Å²) < 4.78 is 23.2. The summed E-state index contributed by atoms with van der Waals surface area (Å²) in [5, 5.41) is 9.03. The minimum absolute atomic E-state index is 0.0283. The van der Waals surface area contributed by atoms with Crippen molar-refractivity contribution in [2.24, 2.45) is 0 Å². The Morgan fingerprint density at radius 3 is 2.55 bits per heavy atom. The molecule has 0 bridgehead atoms. The Morgan fingerprint density at radius 2 is 2.05 bits per heavy atom. The van der Waals surface area contributed by atoms with E-state index in [-0.39, 0.29) is 41.2 Å². The number of aliphatic hydroxyl groups excluding tert-OH is 1. The zero-order valence-electron chi connectivity index (χ0n) is 11.2. The van der Waals surface area contributed by atoms with Crippen molar-refractivity contribution in [1.29, 1.82) is 0 Å². The molecule has 1 amide bonds. The first-order chi connectivity index (χ1) is 9.32. The van der Waals surface area contributed by atoms with Gasteiger partial charge in [-0.15, -0.1) is 0 Å². The van der Waals surface area contributed by atoms with E-state index in [9.17, 15) is 13.2 Å². The summed E-state index contributed by atoms with van der Waals surface area (Å²) in [4.78, 5) is 14.0. The van der Waals surface area contributed by atoms with E-state index < -0.39 is 9.84 Å². The van der Waals surface area contributed by atoms with Crippen molar-refractivity contribution >= 4 is 21.4 Å². The Bertz CT molecular complexity index is 623. The smallest absolute Gasteiger partial charge is 0.254 e. The molecule has 1 fully saturated rings. The second kappa shape index (κ2) is 5.41. The average Bonchev–Trinajstić information content (AvgIpc) is 3.17. The number of rotatable bonds is 5. The van der Waals surface area contributed by atoms with Crippen molar-refractivity contribution in [2.45, 2.75) is 23.8 Å². The summed E-state index contributed by atoms with van der Waals surface area (Å²) in [6.45, 7) is 0.121. The number of carbonyl (C=O) groups is 1. The molecule has 1 aromatic carbocycles. The molecule has 1 aliphatic rings. The zero-order valence-corrected chi connectivity index (χ0v) is 12.1. The molecule has 110 valence electrons. The second-order valence-corrected chi connectivity index (χ2v) is 7.03. The molecule has 7 heteroatoms. The fraction of sp³-hybridized carbons (Fsp3) is 0.462. The lowest BCUT2D eigenvalue weighted by Gasteiger charge is -2.21. The van der Waals surface area contributed by atoms with E-state index in [2.05, 4.69) is 0 Å². The molecule has 1 saturated carbocycles. The van der Waals surface area contributed by atoms with Gasteiger partial charge >= 0.3 is 0 Å². The van der Waals surface area contributed by atoms with Crippen LogP contribution >= 0.6 is 0 Å². The van der Waals surface area contributed by atoms with Crippen molar-refractivity contribution in [3.63, 3.8) is 0 Å². The number of amides is 1. The van der Waals surface area contributed by atoms with Gasteiger partial charge in [0, 0.05) is 30.1 Å². The number of carbonyl (C=O) groups excluding carboxylic acids is 1. The molecule has 20 heavy (non-hydrogen) atoms. The highest BCUT2D eigenvalue weighted by atomic mass is 32.2. The first kappa shape index (κ1) is 14.8. The Balaban J connectivity index is 2.36. The molecule has 0 unspecified atom stereocenters. The highest BCUT2D eigenvalue weighted by molar-refractivity contribution is 7.90. The summed E-state index contributed by atoms with van der Waals surface area (Å²) in [5.41, 5.74) is 6.15. The lowest BCUT2D eigenvalue weighted by Crippen LogP contribution is -2.35. The van der Waals surface area contributed by atoms with Crippen molar-refractivity contribution < 1.29 is 18.3 Å². The standard InChI is InChI=1S/C13H18N2O4S/c1-20(18,19)12-7-9(6-10(14)8-12)13(17)15(4-5-16)11-2-3-11/h6-8,11,16H,2-5,14H2,1H3. The molecule has 0 saturated heterocycles. The van der Waals surface area contributed by atoms with Crippen LogP contribution in [0, 0.1) is 0 Å². The molecule has 0 heterocycles. The molecule has 6 nitrogen and oxygen atoms in total. The normalized spacial score (nSPS) is 15.1. The predicted octanol–water partition coefficient (Wildman–Crippen LogP) is 0.269. The molecule has 2 rings (SSSR count). The van der Waals surface area contributed by atoms with Crippen molar-refractivity contribution in [2.75, 3.05) is 25.1 Å². The number of sulfone groups is 1. The summed E-state index contributed by atoms with van der Waals surface area (Å²) in [7, 11) is -3.42. The molecule has 0 radical (unpaired) electrons. The van der Waals surface area contributed by atoms with Gasteiger partial charge in [-0.2, -0.15) is 0 Å². The molecule has 1 aliphatic carbocycles. The lowest BCUT2D eigenvalue weighted by molar-refractivity contribution is 0.0707. The Kier molecular flexibility index (Phi) is 4.01. The quantitative estimate of drug-likeness (QED) is 0.760. The molecule has 0 aromatic heterocycles. The zero-order chi connectivity index (χ0) is 14.9. The van der Waals surface area contributed by atoms with E-state index in [4.69, 9.17) is 10.8 Å². The van der Waals surface area contributed by atoms with Crippen LogP contribution in [0.5, 0.6) is 0 Å². The summed E-state index contributed by atoms with van der Waals surface area (Å²) >= 11 is 0. The lowest BCUT2D eigenvalue weighted by atomic mass is 10.1. The van der Waals surface area contributed by atoms with Crippen LogP contribution in [0.4, 0.5) is 5.69 Å². The van der Waals surface area contributed by atoms with Gasteiger partial charge in [0.2, 0.25) is 0 Å². The van der Waals surface area contributed by atoms with E-state index >= 15 is 0 Å². The predicted molar refractivity (Wildman–Crippen MR) is 75.1 cm³/mol. The third kappa shape index (κ3) is 3.29. The third-order valence-corrected chi connectivity index (χ3v) is 4.29. The molecular formula is C13H18N2O4S. The van der Waals surface area contributed by atoms with Crippen molar-refractivity contribution in [3.8, 4) is 0 Å². The van der Waals surface area contributed by atoms with Crippen LogP contribution in [0.1, 0.15) is 23.2 Å². The van der Waals surface area contributed by atoms with Crippen molar-refractivity contribution in [1.82, 2.24) is 4.90 Å². The fourth-order valence-corrected chi connectivity index (χ4v) is 2.76. The van der Waals surface area contributed by atoms with E-state index in [0.29, 0.717) is 0 Å². The van der Waals surface area contributed by atoms with E-state index in [0.717, 1.165) is 19.1 Å². The van der Waals surface area contributed by atoms with E-state index in [1.165, 1.54) is 18.2 Å².